The molecule has 1 spiro atoms. The van der Waals surface area contributed by atoms with Crippen molar-refractivity contribution in [1.29, 1.82) is 0 Å². The third kappa shape index (κ3) is 2.00. The fourth-order valence-corrected chi connectivity index (χ4v) is 2.70. The molecule has 6 heteroatoms. The maximum Gasteiger partial charge on any atom is 0.249 e. The van der Waals surface area contributed by atoms with Gasteiger partial charge in [-0.1, -0.05) is 0 Å². The second-order valence-corrected chi connectivity index (χ2v) is 4.82. The van der Waals surface area contributed by atoms with Crippen molar-refractivity contribution >= 4 is 11.9 Å². The molecule has 1 saturated heterocycles. The smallest absolute Gasteiger partial charge is 0.249 e. The van der Waals surface area contributed by atoms with Gasteiger partial charge in [0.15, 0.2) is 0 Å². The van der Waals surface area contributed by atoms with E-state index in [9.17, 15) is 4.79 Å². The molecule has 2 fully saturated rings. The lowest BCUT2D eigenvalue weighted by Gasteiger charge is -2.22. The number of rotatable bonds is 2. The standard InChI is InChI=1S/C11H15N5O/c17-9(15-10-13-5-6-14-16-10)8-7-11(8)1-3-12-4-2-11/h5-6,8,12H,1-4,7H2,(H,13,15,16,17). The molecule has 2 aliphatic rings. The number of nitrogens with one attached hydrogen (secondary N) is 2. The highest BCUT2D eigenvalue weighted by Crippen LogP contribution is 2.58. The third-order valence-corrected chi connectivity index (χ3v) is 3.82. The predicted molar refractivity (Wildman–Crippen MR) is 61.1 cm³/mol. The molecule has 0 aromatic carbocycles. The highest BCUT2D eigenvalue weighted by Gasteiger charge is 2.57. The number of hydrogen-bond donors (Lipinski definition) is 2. The van der Waals surface area contributed by atoms with Gasteiger partial charge in [-0.3, -0.25) is 10.1 Å². The van der Waals surface area contributed by atoms with Crippen LogP contribution >= 0.6 is 0 Å². The highest BCUT2D eigenvalue weighted by atomic mass is 16.2. The molecule has 0 bridgehead atoms. The summed E-state index contributed by atoms with van der Waals surface area (Å²) in [5.74, 6) is 0.474. The summed E-state index contributed by atoms with van der Waals surface area (Å²) in [6, 6.07) is 0. The van der Waals surface area contributed by atoms with E-state index in [2.05, 4.69) is 25.8 Å². The average Bonchev–Trinajstić information content (AvgIpc) is 3.05. The molecule has 1 atom stereocenters. The lowest BCUT2D eigenvalue weighted by Crippen LogP contribution is -2.31. The van der Waals surface area contributed by atoms with E-state index in [4.69, 9.17) is 0 Å². The first-order chi connectivity index (χ1) is 8.30. The van der Waals surface area contributed by atoms with Gasteiger partial charge in [0.1, 0.15) is 0 Å². The van der Waals surface area contributed by atoms with Gasteiger partial charge in [-0.2, -0.15) is 5.10 Å². The molecule has 1 aromatic heterocycles. The Labute approximate surface area is 99.2 Å². The summed E-state index contributed by atoms with van der Waals surface area (Å²) in [7, 11) is 0. The Hall–Kier alpha value is -1.56. The largest absolute Gasteiger partial charge is 0.317 e. The highest BCUT2D eigenvalue weighted by molar-refractivity contribution is 5.93. The van der Waals surface area contributed by atoms with Crippen LogP contribution in [-0.4, -0.2) is 34.2 Å². The summed E-state index contributed by atoms with van der Waals surface area (Å²) in [4.78, 5) is 16.0. The second kappa shape index (κ2) is 4.03. The van der Waals surface area contributed by atoms with Gasteiger partial charge < -0.3 is 5.32 Å². The predicted octanol–water partition coefficient (Wildman–Crippen LogP) is 0.200. The molecule has 1 aliphatic heterocycles. The Morgan fingerprint density at radius 1 is 1.41 bits per heavy atom. The van der Waals surface area contributed by atoms with Crippen molar-refractivity contribution < 1.29 is 4.79 Å². The fourth-order valence-electron chi connectivity index (χ4n) is 2.70. The number of aromatic nitrogens is 3. The van der Waals surface area contributed by atoms with Crippen molar-refractivity contribution in [2.24, 2.45) is 11.3 Å². The molecule has 1 saturated carbocycles. The van der Waals surface area contributed by atoms with Crippen molar-refractivity contribution in [1.82, 2.24) is 20.5 Å². The van der Waals surface area contributed by atoms with Gasteiger partial charge >= 0.3 is 0 Å². The van der Waals surface area contributed by atoms with E-state index in [1.54, 1.807) is 0 Å². The minimum absolute atomic E-state index is 0.0416. The molecule has 1 amide bonds. The molecule has 2 heterocycles. The zero-order chi connectivity index (χ0) is 11.7. The zero-order valence-corrected chi connectivity index (χ0v) is 9.52. The summed E-state index contributed by atoms with van der Waals surface area (Å²) in [5.41, 5.74) is 0.248. The number of hydrogen-bond acceptors (Lipinski definition) is 5. The van der Waals surface area contributed by atoms with Crippen LogP contribution in [0.3, 0.4) is 0 Å². The van der Waals surface area contributed by atoms with E-state index in [0.29, 0.717) is 5.95 Å². The van der Waals surface area contributed by atoms with Crippen molar-refractivity contribution in [3.05, 3.63) is 12.4 Å². The van der Waals surface area contributed by atoms with Gasteiger partial charge in [0, 0.05) is 5.92 Å². The molecule has 0 radical (unpaired) electrons. The minimum Gasteiger partial charge on any atom is -0.317 e. The Kier molecular flexibility index (Phi) is 2.51. The molecule has 2 N–H and O–H groups in total. The molecule has 1 aromatic rings. The van der Waals surface area contributed by atoms with Crippen LogP contribution in [0.25, 0.3) is 0 Å². The molecule has 90 valence electrons. The van der Waals surface area contributed by atoms with E-state index in [1.165, 1.54) is 12.4 Å². The zero-order valence-electron chi connectivity index (χ0n) is 9.52. The number of amides is 1. The SMILES string of the molecule is O=C(Nc1nccnn1)C1CC12CCNCC2. The molecular weight excluding hydrogens is 218 g/mol. The lowest BCUT2D eigenvalue weighted by molar-refractivity contribution is -0.118. The maximum atomic E-state index is 12.0. The molecule has 6 nitrogen and oxygen atoms in total. The summed E-state index contributed by atoms with van der Waals surface area (Å²) in [6.07, 6.45) is 6.20. The summed E-state index contributed by atoms with van der Waals surface area (Å²) in [6.45, 7) is 2.04. The van der Waals surface area contributed by atoms with Crippen LogP contribution in [0.5, 0.6) is 0 Å². The molecule has 17 heavy (non-hydrogen) atoms. The maximum absolute atomic E-state index is 12.0. The van der Waals surface area contributed by atoms with Gasteiger partial charge in [0.25, 0.3) is 0 Å². The Bertz CT molecular complexity index is 415. The first kappa shape index (κ1) is 10.6. The van der Waals surface area contributed by atoms with Crippen LogP contribution < -0.4 is 10.6 Å². The third-order valence-electron chi connectivity index (χ3n) is 3.82. The minimum atomic E-state index is 0.0416. The van der Waals surface area contributed by atoms with Crippen LogP contribution in [0.2, 0.25) is 0 Å². The van der Waals surface area contributed by atoms with Crippen molar-refractivity contribution in [2.45, 2.75) is 19.3 Å². The van der Waals surface area contributed by atoms with Crippen LogP contribution in [0.4, 0.5) is 5.95 Å². The fraction of sp³-hybridized carbons (Fsp3) is 0.636. The van der Waals surface area contributed by atoms with E-state index >= 15 is 0 Å². The monoisotopic (exact) mass is 233 g/mol. The van der Waals surface area contributed by atoms with Gasteiger partial charge in [-0.05, 0) is 37.8 Å². The van der Waals surface area contributed by atoms with Crippen LogP contribution in [-0.2, 0) is 4.79 Å². The number of piperidine rings is 1. The van der Waals surface area contributed by atoms with Crippen LogP contribution in [0.15, 0.2) is 12.4 Å². The molecular formula is C11H15N5O. The van der Waals surface area contributed by atoms with Crippen molar-refractivity contribution in [3.8, 4) is 0 Å². The van der Waals surface area contributed by atoms with E-state index in [0.717, 1.165) is 32.4 Å². The van der Waals surface area contributed by atoms with Gasteiger partial charge in [-0.25, -0.2) is 4.98 Å². The first-order valence-electron chi connectivity index (χ1n) is 5.95. The summed E-state index contributed by atoms with van der Waals surface area (Å²) in [5, 5.41) is 13.5. The number of carbonyl (C=O) groups is 1. The Balaban J connectivity index is 1.61. The number of nitrogens with zero attached hydrogens (tertiary/aromatic N) is 3. The number of carbonyl (C=O) groups excluding carboxylic acids is 1. The molecule has 1 unspecified atom stereocenters. The molecule has 1 aliphatic carbocycles. The van der Waals surface area contributed by atoms with Crippen LogP contribution in [0.1, 0.15) is 19.3 Å². The Morgan fingerprint density at radius 2 is 2.24 bits per heavy atom. The van der Waals surface area contributed by atoms with Crippen molar-refractivity contribution in [3.63, 3.8) is 0 Å². The van der Waals surface area contributed by atoms with Gasteiger partial charge in [-0.15, -0.1) is 5.10 Å². The number of anilines is 1. The summed E-state index contributed by atoms with van der Waals surface area (Å²) >= 11 is 0. The van der Waals surface area contributed by atoms with E-state index in [-0.39, 0.29) is 17.2 Å². The van der Waals surface area contributed by atoms with E-state index in [1.807, 2.05) is 0 Å². The van der Waals surface area contributed by atoms with E-state index < -0.39 is 0 Å². The quantitative estimate of drug-likeness (QED) is 0.762. The Morgan fingerprint density at radius 3 is 2.94 bits per heavy atom. The lowest BCUT2D eigenvalue weighted by atomic mass is 9.92. The second-order valence-electron chi connectivity index (χ2n) is 4.82. The van der Waals surface area contributed by atoms with Crippen molar-refractivity contribution in [2.75, 3.05) is 18.4 Å². The topological polar surface area (TPSA) is 79.8 Å². The average molecular weight is 233 g/mol. The summed E-state index contributed by atoms with van der Waals surface area (Å²) < 4.78 is 0. The first-order valence-corrected chi connectivity index (χ1v) is 5.95. The molecule has 3 rings (SSSR count). The normalized spacial score (nSPS) is 25.5. The van der Waals surface area contributed by atoms with Crippen LogP contribution in [0, 0.1) is 11.3 Å². The van der Waals surface area contributed by atoms with Gasteiger partial charge in [0.05, 0.1) is 12.4 Å². The van der Waals surface area contributed by atoms with Gasteiger partial charge in [0.2, 0.25) is 11.9 Å².